The van der Waals surface area contributed by atoms with Crippen molar-refractivity contribution in [3.05, 3.63) is 167 Å². The summed E-state index contributed by atoms with van der Waals surface area (Å²) in [6, 6.07) is 48.5. The van der Waals surface area contributed by atoms with Crippen LogP contribution in [0.2, 0.25) is 0 Å². The van der Waals surface area contributed by atoms with Gasteiger partial charge in [0.15, 0.2) is 5.60 Å². The van der Waals surface area contributed by atoms with E-state index in [0.29, 0.717) is 0 Å². The van der Waals surface area contributed by atoms with Crippen molar-refractivity contribution in [2.24, 2.45) is 0 Å². The van der Waals surface area contributed by atoms with Gasteiger partial charge < -0.3 is 4.74 Å². The molecule has 0 radical (unpaired) electrons. The number of hydrogen-bond donors (Lipinski definition) is 0. The Morgan fingerprint density at radius 2 is 1.11 bits per heavy atom. The summed E-state index contributed by atoms with van der Waals surface area (Å²) < 4.78 is 7.55. The van der Waals surface area contributed by atoms with Crippen LogP contribution in [0.5, 0.6) is 5.75 Å². The van der Waals surface area contributed by atoms with Crippen LogP contribution in [0.15, 0.2) is 140 Å². The first-order chi connectivity index (χ1) is 22.3. The third-order valence-electron chi connectivity index (χ3n) is 10.7. The third-order valence-corrected chi connectivity index (χ3v) is 10.7. The fourth-order valence-electron chi connectivity index (χ4n) is 8.68. The van der Waals surface area contributed by atoms with Crippen molar-refractivity contribution >= 4 is 16.8 Å². The van der Waals surface area contributed by atoms with Crippen LogP contribution in [0.25, 0.3) is 39.1 Å². The van der Waals surface area contributed by atoms with Crippen molar-refractivity contribution in [2.45, 2.75) is 49.5 Å². The maximum Gasteiger partial charge on any atom is 0.178 e. The lowest BCUT2D eigenvalue weighted by atomic mass is 9.70. The lowest BCUT2D eigenvalue weighted by Gasteiger charge is -2.39. The predicted octanol–water partition coefficient (Wildman–Crippen LogP) is 11.5. The molecule has 1 unspecified atom stereocenters. The van der Waals surface area contributed by atoms with Gasteiger partial charge in [-0.2, -0.15) is 0 Å². The fraction of sp³-hybridized carbons (Fsp3) is 0.182. The maximum atomic E-state index is 7.55. The van der Waals surface area contributed by atoms with Gasteiger partial charge in [0, 0.05) is 27.5 Å². The van der Waals surface area contributed by atoms with E-state index in [4.69, 9.17) is 4.74 Å². The predicted molar refractivity (Wildman–Crippen MR) is 187 cm³/mol. The van der Waals surface area contributed by atoms with E-state index in [9.17, 15) is 0 Å². The zero-order valence-electron chi connectivity index (χ0n) is 25.5. The summed E-state index contributed by atoms with van der Waals surface area (Å²) >= 11 is 0. The first-order valence-electron chi connectivity index (χ1n) is 16.6. The van der Waals surface area contributed by atoms with E-state index in [0.717, 1.165) is 16.9 Å². The van der Waals surface area contributed by atoms with Gasteiger partial charge in [0.25, 0.3) is 0 Å². The quantitative estimate of drug-likeness (QED) is 0.202. The number of fused-ring (bicyclic) bond motifs is 10. The van der Waals surface area contributed by atoms with E-state index in [1.54, 1.807) is 0 Å². The van der Waals surface area contributed by atoms with Crippen molar-refractivity contribution in [1.82, 2.24) is 0 Å². The molecule has 0 aromatic heterocycles. The van der Waals surface area contributed by atoms with E-state index in [-0.39, 0.29) is 5.41 Å². The molecule has 0 saturated heterocycles. The lowest BCUT2D eigenvalue weighted by molar-refractivity contribution is 0.163. The highest BCUT2D eigenvalue weighted by Gasteiger charge is 2.48. The molecule has 45 heavy (non-hydrogen) atoms. The molecule has 0 amide bonds. The monoisotopic (exact) mass is 580 g/mol. The van der Waals surface area contributed by atoms with Gasteiger partial charge in [0.1, 0.15) is 5.75 Å². The molecule has 1 saturated carbocycles. The molecule has 6 aromatic rings. The van der Waals surface area contributed by atoms with Gasteiger partial charge in [-0.05, 0) is 57.7 Å². The molecule has 1 nitrogen and oxygen atoms in total. The van der Waals surface area contributed by atoms with Crippen LogP contribution in [0, 0.1) is 0 Å². The largest absolute Gasteiger partial charge is 0.472 e. The average molecular weight is 581 g/mol. The molecular weight excluding hydrogens is 544 g/mol. The van der Waals surface area contributed by atoms with Crippen molar-refractivity contribution in [2.75, 3.05) is 0 Å². The van der Waals surface area contributed by atoms with Crippen LogP contribution in [0.4, 0.5) is 0 Å². The van der Waals surface area contributed by atoms with Gasteiger partial charge in [0.05, 0.1) is 0 Å². The zero-order valence-corrected chi connectivity index (χ0v) is 25.5. The van der Waals surface area contributed by atoms with Gasteiger partial charge in [-0.3, -0.25) is 0 Å². The van der Waals surface area contributed by atoms with E-state index in [2.05, 4.69) is 146 Å². The van der Waals surface area contributed by atoms with E-state index >= 15 is 0 Å². The lowest BCUT2D eigenvalue weighted by Crippen LogP contribution is -2.35. The Bertz CT molecular complexity index is 2060. The number of benzene rings is 6. The second kappa shape index (κ2) is 10.3. The minimum Gasteiger partial charge on any atom is -0.472 e. The normalized spacial score (nSPS) is 19.4. The van der Waals surface area contributed by atoms with Crippen LogP contribution >= 0.6 is 0 Å². The average Bonchev–Trinajstić information content (AvgIpc) is 3.22. The minimum absolute atomic E-state index is 0.0221. The highest BCUT2D eigenvalue weighted by Crippen LogP contribution is 2.61. The minimum atomic E-state index is -0.747. The Balaban J connectivity index is 1.30. The van der Waals surface area contributed by atoms with Crippen LogP contribution in [-0.2, 0) is 11.0 Å². The molecule has 2 aliphatic carbocycles. The number of rotatable bonds is 3. The molecule has 1 heterocycles. The molecule has 1 spiro atoms. The Morgan fingerprint density at radius 3 is 1.87 bits per heavy atom. The maximum absolute atomic E-state index is 7.55. The van der Waals surface area contributed by atoms with Crippen molar-refractivity contribution in [3.8, 4) is 28.0 Å². The van der Waals surface area contributed by atoms with Gasteiger partial charge >= 0.3 is 0 Å². The van der Waals surface area contributed by atoms with E-state index in [1.165, 1.54) is 88.2 Å². The molecule has 9 rings (SSSR count). The van der Waals surface area contributed by atoms with Gasteiger partial charge in [-0.1, -0.05) is 165 Å². The summed E-state index contributed by atoms with van der Waals surface area (Å²) in [6.07, 6.45) is 12.3. The molecular formula is C44H36O. The molecule has 6 aromatic carbocycles. The van der Waals surface area contributed by atoms with Crippen LogP contribution < -0.4 is 4.74 Å². The molecule has 0 N–H and O–H groups in total. The molecule has 1 fully saturated rings. The molecule has 1 aliphatic heterocycles. The van der Waals surface area contributed by atoms with Crippen molar-refractivity contribution < 1.29 is 4.74 Å². The summed E-state index contributed by atoms with van der Waals surface area (Å²) in [6.45, 7) is 0. The third kappa shape index (κ3) is 3.93. The summed E-state index contributed by atoms with van der Waals surface area (Å²) in [5, 5.41) is 2.49. The summed E-state index contributed by atoms with van der Waals surface area (Å²) in [5.41, 5.74) is 11.1. The summed E-state index contributed by atoms with van der Waals surface area (Å²) in [5.74, 6) is 1.01. The Labute approximate surface area is 265 Å². The Kier molecular flexibility index (Phi) is 6.10. The molecule has 218 valence electrons. The second-order valence-electron chi connectivity index (χ2n) is 13.1. The standard InChI is InChI=1S/C44H36O/c1-2-14-29-43(28-13-1)39-22-12-11-21-37(39)40-35-19-9-10-20-36(35)42-38(41(40)43)27-30-44(45-42,33-17-7-4-8-18-33)34-25-23-32(24-26-34)31-15-5-3-6-16-31/h3-12,15-27,30H,1-2,13-14,28-29H2. The van der Waals surface area contributed by atoms with E-state index < -0.39 is 5.60 Å². The topological polar surface area (TPSA) is 9.23 Å². The second-order valence-corrected chi connectivity index (χ2v) is 13.1. The first-order valence-corrected chi connectivity index (χ1v) is 16.6. The van der Waals surface area contributed by atoms with Gasteiger partial charge in [-0.25, -0.2) is 0 Å². The van der Waals surface area contributed by atoms with Crippen molar-refractivity contribution in [1.29, 1.82) is 0 Å². The molecule has 0 bridgehead atoms. The van der Waals surface area contributed by atoms with Gasteiger partial charge in [-0.15, -0.1) is 0 Å². The highest BCUT2D eigenvalue weighted by atomic mass is 16.5. The Morgan fingerprint density at radius 1 is 0.511 bits per heavy atom. The smallest absolute Gasteiger partial charge is 0.178 e. The van der Waals surface area contributed by atoms with Crippen molar-refractivity contribution in [3.63, 3.8) is 0 Å². The molecule has 3 aliphatic rings. The highest BCUT2D eigenvalue weighted by molar-refractivity contribution is 6.08. The van der Waals surface area contributed by atoms with E-state index in [1.807, 2.05) is 0 Å². The molecule has 1 atom stereocenters. The molecule has 1 heteroatoms. The Hall–Kier alpha value is -4.88. The number of ether oxygens (including phenoxy) is 1. The van der Waals surface area contributed by atoms with Crippen LogP contribution in [0.1, 0.15) is 66.3 Å². The van der Waals surface area contributed by atoms with Crippen LogP contribution in [-0.4, -0.2) is 0 Å². The van der Waals surface area contributed by atoms with Gasteiger partial charge in [0.2, 0.25) is 0 Å². The first kappa shape index (κ1) is 26.5. The summed E-state index contributed by atoms with van der Waals surface area (Å²) in [4.78, 5) is 0. The number of hydrogen-bond acceptors (Lipinski definition) is 1. The van der Waals surface area contributed by atoms with Crippen LogP contribution in [0.3, 0.4) is 0 Å². The SMILES string of the molecule is C1=CC(c2ccccc2)(c2ccc(-c3ccccc3)cc2)Oc2c1c1c(c3ccccc23)-c2ccccc2C12CCCCCC2. The fourth-order valence-corrected chi connectivity index (χ4v) is 8.68. The zero-order chi connectivity index (χ0) is 29.8. The summed E-state index contributed by atoms with van der Waals surface area (Å²) in [7, 11) is 0.